The second-order valence-corrected chi connectivity index (χ2v) is 6.28. The van der Waals surface area contributed by atoms with Crippen molar-refractivity contribution >= 4 is 5.91 Å². The zero-order chi connectivity index (χ0) is 15.8. The van der Waals surface area contributed by atoms with Gasteiger partial charge in [-0.2, -0.15) is 0 Å². The van der Waals surface area contributed by atoms with Crippen LogP contribution in [0.3, 0.4) is 0 Å². The van der Waals surface area contributed by atoms with Crippen LogP contribution in [0, 0.1) is 0 Å². The van der Waals surface area contributed by atoms with Crippen LogP contribution < -0.4 is 5.56 Å². The number of amides is 1. The van der Waals surface area contributed by atoms with Gasteiger partial charge in [0.25, 0.3) is 11.5 Å². The number of hydrogen-bond acceptors (Lipinski definition) is 5. The van der Waals surface area contributed by atoms with Gasteiger partial charge < -0.3 is 14.4 Å². The second kappa shape index (κ2) is 5.64. The molecule has 1 saturated carbocycles. The van der Waals surface area contributed by atoms with Crippen LogP contribution in [0.15, 0.2) is 27.7 Å². The number of aromatic amines is 1. The predicted molar refractivity (Wildman–Crippen MR) is 81.2 cm³/mol. The molecule has 0 radical (unpaired) electrons. The van der Waals surface area contributed by atoms with E-state index < -0.39 is 0 Å². The molecule has 2 aliphatic rings. The molecular formula is C16H18N4O3. The molecule has 4 rings (SSSR count). The minimum atomic E-state index is -0.247. The number of carbonyl (C=O) groups excluding carboxylic acids is 1. The summed E-state index contributed by atoms with van der Waals surface area (Å²) < 4.78 is 4.89. The number of carbonyl (C=O) groups is 1. The molecule has 0 atom stereocenters. The second-order valence-electron chi connectivity index (χ2n) is 6.28. The van der Waals surface area contributed by atoms with Gasteiger partial charge in [-0.3, -0.25) is 9.59 Å². The van der Waals surface area contributed by atoms with E-state index in [9.17, 15) is 9.59 Å². The molecular weight excluding hydrogens is 296 g/mol. The van der Waals surface area contributed by atoms with Crippen LogP contribution >= 0.6 is 0 Å². The molecule has 1 aliphatic heterocycles. The average Bonchev–Trinajstić information content (AvgIpc) is 3.28. The SMILES string of the molecule is O=C(c1cc(=O)[nH]c(C2CC2)n1)N1CCC(c2ccon2)CC1. The van der Waals surface area contributed by atoms with Gasteiger partial charge >= 0.3 is 0 Å². The first kappa shape index (κ1) is 14.2. The summed E-state index contributed by atoms with van der Waals surface area (Å²) in [7, 11) is 0. The van der Waals surface area contributed by atoms with Crippen LogP contribution in [0.5, 0.6) is 0 Å². The molecule has 0 bridgehead atoms. The molecule has 0 spiro atoms. The molecule has 1 amide bonds. The van der Waals surface area contributed by atoms with Crippen molar-refractivity contribution in [2.24, 2.45) is 0 Å². The van der Waals surface area contributed by atoms with Crippen molar-refractivity contribution in [1.29, 1.82) is 0 Å². The Balaban J connectivity index is 1.47. The van der Waals surface area contributed by atoms with Crippen molar-refractivity contribution in [2.45, 2.75) is 37.5 Å². The molecule has 3 heterocycles. The number of hydrogen-bond donors (Lipinski definition) is 1. The highest BCUT2D eigenvalue weighted by atomic mass is 16.5. The zero-order valence-corrected chi connectivity index (χ0v) is 12.7. The van der Waals surface area contributed by atoms with Gasteiger partial charge in [0, 0.05) is 37.1 Å². The summed E-state index contributed by atoms with van der Waals surface area (Å²) in [5.41, 5.74) is 0.959. The van der Waals surface area contributed by atoms with E-state index in [2.05, 4.69) is 15.1 Å². The highest BCUT2D eigenvalue weighted by Crippen LogP contribution is 2.37. The van der Waals surface area contributed by atoms with Crippen LogP contribution in [0.2, 0.25) is 0 Å². The molecule has 7 nitrogen and oxygen atoms in total. The van der Waals surface area contributed by atoms with Crippen LogP contribution in [-0.2, 0) is 0 Å². The van der Waals surface area contributed by atoms with Gasteiger partial charge in [0.1, 0.15) is 17.8 Å². The Morgan fingerprint density at radius 2 is 2.00 bits per heavy atom. The van der Waals surface area contributed by atoms with Gasteiger partial charge in [-0.05, 0) is 25.7 Å². The van der Waals surface area contributed by atoms with E-state index in [1.165, 1.54) is 6.07 Å². The summed E-state index contributed by atoms with van der Waals surface area (Å²) in [5, 5.41) is 3.98. The Morgan fingerprint density at radius 3 is 2.65 bits per heavy atom. The molecule has 7 heteroatoms. The number of rotatable bonds is 3. The van der Waals surface area contributed by atoms with Gasteiger partial charge in [-0.25, -0.2) is 4.98 Å². The van der Waals surface area contributed by atoms with E-state index in [1.807, 2.05) is 6.07 Å². The van der Waals surface area contributed by atoms with Crippen molar-refractivity contribution in [2.75, 3.05) is 13.1 Å². The Kier molecular flexibility index (Phi) is 3.48. The van der Waals surface area contributed by atoms with Crippen molar-refractivity contribution in [1.82, 2.24) is 20.0 Å². The Labute approximate surface area is 132 Å². The molecule has 2 aromatic rings. The molecule has 1 N–H and O–H groups in total. The van der Waals surface area contributed by atoms with E-state index in [0.717, 1.165) is 31.4 Å². The van der Waals surface area contributed by atoms with Crippen molar-refractivity contribution in [3.8, 4) is 0 Å². The van der Waals surface area contributed by atoms with Crippen LogP contribution in [0.4, 0.5) is 0 Å². The van der Waals surface area contributed by atoms with Crippen LogP contribution in [0.1, 0.15) is 59.5 Å². The fourth-order valence-corrected chi connectivity index (χ4v) is 3.11. The van der Waals surface area contributed by atoms with E-state index >= 15 is 0 Å². The highest BCUT2D eigenvalue weighted by Gasteiger charge is 2.29. The lowest BCUT2D eigenvalue weighted by atomic mass is 9.93. The first-order valence-corrected chi connectivity index (χ1v) is 8.01. The highest BCUT2D eigenvalue weighted by molar-refractivity contribution is 5.92. The molecule has 2 aromatic heterocycles. The van der Waals surface area contributed by atoms with Crippen molar-refractivity contribution in [3.05, 3.63) is 46.0 Å². The largest absolute Gasteiger partial charge is 0.365 e. The van der Waals surface area contributed by atoms with Gasteiger partial charge in [0.15, 0.2) is 0 Å². The third-order valence-corrected chi connectivity index (χ3v) is 4.60. The molecule has 1 saturated heterocycles. The monoisotopic (exact) mass is 314 g/mol. The fraction of sp³-hybridized carbons (Fsp3) is 0.500. The number of piperidine rings is 1. The normalized spacial score (nSPS) is 19.0. The van der Waals surface area contributed by atoms with Crippen molar-refractivity contribution in [3.63, 3.8) is 0 Å². The molecule has 0 aromatic carbocycles. The first-order chi connectivity index (χ1) is 11.2. The quantitative estimate of drug-likeness (QED) is 0.930. The van der Waals surface area contributed by atoms with Gasteiger partial charge in [0.2, 0.25) is 0 Å². The maximum atomic E-state index is 12.6. The van der Waals surface area contributed by atoms with Crippen LogP contribution in [-0.4, -0.2) is 39.0 Å². The standard InChI is InChI=1S/C16H18N4O3/c21-14-9-13(17-15(18-14)11-1-2-11)16(22)20-6-3-10(4-7-20)12-5-8-23-19-12/h5,8-11H,1-4,6-7H2,(H,17,18,21). The minimum Gasteiger partial charge on any atom is -0.365 e. The lowest BCUT2D eigenvalue weighted by molar-refractivity contribution is 0.0704. The third-order valence-electron chi connectivity index (χ3n) is 4.60. The summed E-state index contributed by atoms with van der Waals surface area (Å²) in [5.74, 6) is 1.13. The number of nitrogens with zero attached hydrogens (tertiary/aromatic N) is 3. The predicted octanol–water partition coefficient (Wildman–Crippen LogP) is 1.66. The van der Waals surface area contributed by atoms with E-state index in [4.69, 9.17) is 4.52 Å². The molecule has 120 valence electrons. The van der Waals surface area contributed by atoms with E-state index in [0.29, 0.717) is 30.7 Å². The van der Waals surface area contributed by atoms with Gasteiger partial charge in [0.05, 0.1) is 5.69 Å². The summed E-state index contributed by atoms with van der Waals surface area (Å²) in [6.07, 6.45) is 5.33. The van der Waals surface area contributed by atoms with Gasteiger partial charge in [-0.1, -0.05) is 5.16 Å². The molecule has 2 fully saturated rings. The number of H-pyrrole nitrogens is 1. The maximum absolute atomic E-state index is 12.6. The topological polar surface area (TPSA) is 92.1 Å². The zero-order valence-electron chi connectivity index (χ0n) is 12.7. The van der Waals surface area contributed by atoms with Crippen LogP contribution in [0.25, 0.3) is 0 Å². The number of likely N-dealkylation sites (tertiary alicyclic amines) is 1. The Bertz CT molecular complexity index is 756. The van der Waals surface area contributed by atoms with Gasteiger partial charge in [-0.15, -0.1) is 0 Å². The van der Waals surface area contributed by atoms with E-state index in [-0.39, 0.29) is 17.2 Å². The van der Waals surface area contributed by atoms with Crippen molar-refractivity contribution < 1.29 is 9.32 Å². The fourth-order valence-electron chi connectivity index (χ4n) is 3.11. The number of nitrogens with one attached hydrogen (secondary N) is 1. The minimum absolute atomic E-state index is 0.156. The maximum Gasteiger partial charge on any atom is 0.272 e. The lowest BCUT2D eigenvalue weighted by Crippen LogP contribution is -2.39. The third kappa shape index (κ3) is 2.91. The summed E-state index contributed by atoms with van der Waals surface area (Å²) >= 11 is 0. The smallest absolute Gasteiger partial charge is 0.272 e. The van der Waals surface area contributed by atoms with E-state index in [1.54, 1.807) is 11.2 Å². The summed E-state index contributed by atoms with van der Waals surface area (Å²) in [6.45, 7) is 1.28. The Morgan fingerprint density at radius 1 is 1.22 bits per heavy atom. The average molecular weight is 314 g/mol. The summed E-state index contributed by atoms with van der Waals surface area (Å²) in [4.78, 5) is 33.2. The Hall–Kier alpha value is -2.44. The summed E-state index contributed by atoms with van der Waals surface area (Å²) in [6, 6.07) is 3.18. The number of aromatic nitrogens is 3. The first-order valence-electron chi connectivity index (χ1n) is 8.01. The molecule has 23 heavy (non-hydrogen) atoms. The molecule has 0 unspecified atom stereocenters. The lowest BCUT2D eigenvalue weighted by Gasteiger charge is -2.30. The molecule has 1 aliphatic carbocycles.